The van der Waals surface area contributed by atoms with Crippen molar-refractivity contribution in [2.24, 2.45) is 0 Å². The molecule has 2 rings (SSSR count). The van der Waals surface area contributed by atoms with Crippen molar-refractivity contribution >= 4 is 91.5 Å². The molecule has 0 aliphatic carbocycles. The Hall–Kier alpha value is -1.02. The van der Waals surface area contributed by atoms with Gasteiger partial charge in [-0.1, -0.05) is 46.4 Å². The molecular weight excluding hydrogens is 562 g/mol. The molecule has 0 saturated carbocycles. The number of nitrogens with one attached hydrogen (secondary N) is 3. The molecule has 1 fully saturated rings. The second-order valence-electron chi connectivity index (χ2n) is 8.04. The lowest BCUT2D eigenvalue weighted by Gasteiger charge is -2.34. The molecule has 1 aromatic heterocycles. The summed E-state index contributed by atoms with van der Waals surface area (Å²) in [5.41, 5.74) is -0.859. The monoisotopic (exact) mass is 582 g/mol. The third-order valence-corrected chi connectivity index (χ3v) is 7.87. The van der Waals surface area contributed by atoms with Gasteiger partial charge in [0.25, 0.3) is 19.7 Å². The number of carbonyl (C=O) groups is 3. The molecule has 33 heavy (non-hydrogen) atoms. The molecule has 0 radical (unpaired) electrons. The van der Waals surface area contributed by atoms with Crippen LogP contribution < -0.4 is 15.4 Å². The zero-order valence-corrected chi connectivity index (χ0v) is 22.4. The van der Waals surface area contributed by atoms with Crippen LogP contribution in [0.3, 0.4) is 0 Å². The highest BCUT2D eigenvalue weighted by molar-refractivity contribution is 7.91. The van der Waals surface area contributed by atoms with E-state index in [0.29, 0.717) is 30.7 Å². The molecule has 10 nitrogen and oxygen atoms in total. The third kappa shape index (κ3) is 8.61. The minimum absolute atomic E-state index is 0.0670. The third-order valence-electron chi connectivity index (χ3n) is 4.04. The molecule has 1 atom stereocenters. The average molecular weight is 584 g/mol. The first-order valence-corrected chi connectivity index (χ1v) is 13.3. The maximum atomic E-state index is 13.0. The van der Waals surface area contributed by atoms with Gasteiger partial charge >= 0.3 is 12.1 Å². The number of imide groups is 1. The summed E-state index contributed by atoms with van der Waals surface area (Å²) >= 11 is 22.8. The van der Waals surface area contributed by atoms with Crippen LogP contribution >= 0.6 is 57.7 Å². The number of amides is 4. The molecule has 16 heteroatoms. The van der Waals surface area contributed by atoms with Gasteiger partial charge in [-0.25, -0.2) is 22.7 Å². The molecule has 3 N–H and O–H groups in total. The average Bonchev–Trinajstić information content (AvgIpc) is 3.00. The predicted octanol–water partition coefficient (Wildman–Crippen LogP) is 4.10. The van der Waals surface area contributed by atoms with E-state index in [1.807, 2.05) is 0 Å². The lowest BCUT2D eigenvalue weighted by molar-refractivity contribution is -0.119. The summed E-state index contributed by atoms with van der Waals surface area (Å²) in [7, 11) is -4.16. The van der Waals surface area contributed by atoms with Crippen LogP contribution in [0.25, 0.3) is 0 Å². The van der Waals surface area contributed by atoms with Crippen molar-refractivity contribution in [1.82, 2.24) is 14.9 Å². The van der Waals surface area contributed by atoms with Crippen molar-refractivity contribution in [2.75, 3.05) is 18.4 Å². The number of thiophene rings is 1. The van der Waals surface area contributed by atoms with E-state index in [0.717, 1.165) is 0 Å². The SMILES string of the molecule is CC(C)(C)OC(=O)N1CCC[C@H](NS(=O)(=O)c2sc(Cl)cc2NC(=O)NC(=O)C(Cl)(Cl)Cl)C1. The van der Waals surface area contributed by atoms with E-state index in [-0.39, 0.29) is 20.8 Å². The van der Waals surface area contributed by atoms with Crippen molar-refractivity contribution in [3.63, 3.8) is 0 Å². The summed E-state index contributed by atoms with van der Waals surface area (Å²) in [6.07, 6.45) is 0.506. The minimum Gasteiger partial charge on any atom is -0.444 e. The maximum absolute atomic E-state index is 13.0. The Morgan fingerprint density at radius 2 is 1.85 bits per heavy atom. The Balaban J connectivity index is 2.12. The number of anilines is 1. The standard InChI is InChI=1S/C17H22Cl4N4O6S2/c1-16(2,3)31-15(28)25-6-4-5-9(8-25)24-33(29,30)12-10(7-11(18)32-12)22-14(27)23-13(26)17(19,20)21/h7,9,24H,4-6,8H2,1-3H3,(H2,22,23,26,27)/t9-/m0/s1. The van der Waals surface area contributed by atoms with Gasteiger partial charge in [0, 0.05) is 19.1 Å². The van der Waals surface area contributed by atoms with Gasteiger partial charge < -0.3 is 15.0 Å². The molecule has 0 unspecified atom stereocenters. The lowest BCUT2D eigenvalue weighted by Crippen LogP contribution is -2.50. The van der Waals surface area contributed by atoms with Crippen LogP contribution in [0.4, 0.5) is 15.3 Å². The Labute approximate surface area is 215 Å². The smallest absolute Gasteiger partial charge is 0.410 e. The zero-order chi connectivity index (χ0) is 25.2. The van der Waals surface area contributed by atoms with Crippen LogP contribution in [0.2, 0.25) is 4.34 Å². The Kier molecular flexibility index (Phi) is 9.16. The van der Waals surface area contributed by atoms with Crippen LogP contribution in [0, 0.1) is 0 Å². The molecule has 2 heterocycles. The summed E-state index contributed by atoms with van der Waals surface area (Å²) in [6, 6.07) is -0.510. The highest BCUT2D eigenvalue weighted by Gasteiger charge is 2.34. The van der Waals surface area contributed by atoms with Crippen molar-refractivity contribution in [2.45, 2.75) is 53.3 Å². The molecule has 0 bridgehead atoms. The van der Waals surface area contributed by atoms with Gasteiger partial charge in [0.2, 0.25) is 0 Å². The van der Waals surface area contributed by atoms with Gasteiger partial charge in [-0.2, -0.15) is 0 Å². The summed E-state index contributed by atoms with van der Waals surface area (Å²) in [6.45, 7) is 5.75. The summed E-state index contributed by atoms with van der Waals surface area (Å²) in [5.74, 6) is -1.22. The van der Waals surface area contributed by atoms with Crippen LogP contribution in [0.5, 0.6) is 0 Å². The van der Waals surface area contributed by atoms with E-state index in [9.17, 15) is 22.8 Å². The summed E-state index contributed by atoms with van der Waals surface area (Å²) in [5, 5.41) is 3.98. The molecule has 186 valence electrons. The normalized spacial score (nSPS) is 17.4. The van der Waals surface area contributed by atoms with E-state index < -0.39 is 43.5 Å². The van der Waals surface area contributed by atoms with Gasteiger partial charge in [0.1, 0.15) is 5.60 Å². The van der Waals surface area contributed by atoms with E-state index >= 15 is 0 Å². The number of piperidine rings is 1. The number of hydrogen-bond donors (Lipinski definition) is 3. The zero-order valence-electron chi connectivity index (χ0n) is 17.7. The van der Waals surface area contributed by atoms with Gasteiger partial charge in [-0.15, -0.1) is 11.3 Å². The molecular formula is C17H22Cl4N4O6S2. The number of hydrogen-bond acceptors (Lipinski definition) is 7. The van der Waals surface area contributed by atoms with Crippen LogP contribution in [-0.2, 0) is 19.6 Å². The van der Waals surface area contributed by atoms with E-state index in [1.54, 1.807) is 26.1 Å². The number of ether oxygens (including phenoxy) is 1. The van der Waals surface area contributed by atoms with Gasteiger partial charge in [0.05, 0.1) is 10.0 Å². The fourth-order valence-corrected chi connectivity index (χ4v) is 5.98. The topological polar surface area (TPSA) is 134 Å². The number of sulfonamides is 1. The number of halogens is 4. The molecule has 0 aromatic carbocycles. The molecule has 1 aliphatic rings. The molecule has 1 saturated heterocycles. The van der Waals surface area contributed by atoms with Crippen molar-refractivity contribution in [3.8, 4) is 0 Å². The van der Waals surface area contributed by atoms with E-state index in [4.69, 9.17) is 51.1 Å². The molecule has 4 amide bonds. The first-order valence-electron chi connectivity index (χ1n) is 9.46. The maximum Gasteiger partial charge on any atom is 0.410 e. The Morgan fingerprint density at radius 1 is 1.21 bits per heavy atom. The number of urea groups is 1. The summed E-state index contributed by atoms with van der Waals surface area (Å²) < 4.78 is 31.3. The molecule has 1 aliphatic heterocycles. The first kappa shape index (κ1) is 28.2. The second kappa shape index (κ2) is 10.7. The predicted molar refractivity (Wildman–Crippen MR) is 128 cm³/mol. The lowest BCUT2D eigenvalue weighted by atomic mass is 10.1. The Morgan fingerprint density at radius 3 is 2.42 bits per heavy atom. The quantitative estimate of drug-likeness (QED) is 0.457. The number of rotatable bonds is 4. The fraction of sp³-hybridized carbons (Fsp3) is 0.588. The van der Waals surface area contributed by atoms with Crippen LogP contribution in [0.1, 0.15) is 33.6 Å². The molecule has 1 aromatic rings. The highest BCUT2D eigenvalue weighted by atomic mass is 35.6. The van der Waals surface area contributed by atoms with Gasteiger partial charge in [-0.05, 0) is 39.7 Å². The van der Waals surface area contributed by atoms with Crippen molar-refractivity contribution in [3.05, 3.63) is 10.4 Å². The number of carbonyl (C=O) groups excluding carboxylic acids is 3. The van der Waals surface area contributed by atoms with Crippen molar-refractivity contribution < 1.29 is 27.5 Å². The number of likely N-dealkylation sites (tertiary alicyclic amines) is 1. The fourth-order valence-electron chi connectivity index (χ4n) is 2.80. The van der Waals surface area contributed by atoms with Crippen LogP contribution in [-0.4, -0.2) is 59.9 Å². The second-order valence-corrected chi connectivity index (χ2v) is 13.9. The Bertz CT molecular complexity index is 1020. The first-order chi connectivity index (χ1) is 15.0. The minimum atomic E-state index is -4.16. The van der Waals surface area contributed by atoms with E-state index in [2.05, 4.69) is 10.0 Å². The van der Waals surface area contributed by atoms with Gasteiger partial charge in [-0.3, -0.25) is 10.1 Å². The molecule has 0 spiro atoms. The van der Waals surface area contributed by atoms with Crippen LogP contribution in [0.15, 0.2) is 10.3 Å². The number of alkyl halides is 3. The summed E-state index contributed by atoms with van der Waals surface area (Å²) in [4.78, 5) is 37.4. The number of nitrogens with zero attached hydrogens (tertiary/aromatic N) is 1. The van der Waals surface area contributed by atoms with Crippen molar-refractivity contribution in [1.29, 1.82) is 0 Å². The largest absolute Gasteiger partial charge is 0.444 e. The highest BCUT2D eigenvalue weighted by Crippen LogP contribution is 2.35. The van der Waals surface area contributed by atoms with Gasteiger partial charge in [0.15, 0.2) is 4.21 Å². The van der Waals surface area contributed by atoms with E-state index in [1.165, 1.54) is 11.0 Å².